The molecule has 4 fully saturated rings. The quantitative estimate of drug-likeness (QED) is 0.393. The zero-order valence-electron chi connectivity index (χ0n) is 22.5. The van der Waals surface area contributed by atoms with E-state index < -0.39 is 30.0 Å². The van der Waals surface area contributed by atoms with Gasteiger partial charge < -0.3 is 25.5 Å². The van der Waals surface area contributed by atoms with Crippen molar-refractivity contribution in [1.29, 1.82) is 0 Å². The van der Waals surface area contributed by atoms with E-state index in [1.54, 1.807) is 0 Å². The first-order valence-corrected chi connectivity index (χ1v) is 14.3. The molecule has 0 amide bonds. The number of fused-ring (bicyclic) bond motifs is 5. The Morgan fingerprint density at radius 3 is 2.18 bits per heavy atom. The highest BCUT2D eigenvalue weighted by molar-refractivity contribution is 5.17. The first-order valence-electron chi connectivity index (χ1n) is 14.3. The molecular formula is C29H52O5. The molecule has 198 valence electrons. The van der Waals surface area contributed by atoms with Crippen molar-refractivity contribution < 1.29 is 25.5 Å². The molecular weight excluding hydrogens is 428 g/mol. The molecule has 1 unspecified atom stereocenters. The van der Waals surface area contributed by atoms with Gasteiger partial charge in [-0.15, -0.1) is 0 Å². The van der Waals surface area contributed by atoms with Gasteiger partial charge in [-0.25, -0.2) is 0 Å². The van der Waals surface area contributed by atoms with Crippen molar-refractivity contribution in [2.45, 2.75) is 129 Å². The van der Waals surface area contributed by atoms with Gasteiger partial charge in [-0.3, -0.25) is 0 Å². The van der Waals surface area contributed by atoms with Gasteiger partial charge in [-0.2, -0.15) is 0 Å². The van der Waals surface area contributed by atoms with Crippen LogP contribution in [0.4, 0.5) is 0 Å². The molecule has 0 radical (unpaired) electrons. The zero-order chi connectivity index (χ0) is 25.2. The predicted octanol–water partition coefficient (Wildman–Crippen LogP) is 4.13. The minimum atomic E-state index is -1.20. The average molecular weight is 481 g/mol. The third kappa shape index (κ3) is 3.83. The minimum absolute atomic E-state index is 0.0280. The first-order chi connectivity index (χ1) is 15.8. The molecule has 13 atom stereocenters. The molecule has 0 bridgehead atoms. The van der Waals surface area contributed by atoms with E-state index in [1.165, 1.54) is 0 Å². The third-order valence-electron chi connectivity index (χ3n) is 12.2. The number of rotatable bonds is 6. The van der Waals surface area contributed by atoms with Gasteiger partial charge in [0.05, 0.1) is 30.0 Å². The Morgan fingerprint density at radius 2 is 1.56 bits per heavy atom. The van der Waals surface area contributed by atoms with E-state index in [-0.39, 0.29) is 29.1 Å². The Morgan fingerprint density at radius 1 is 0.882 bits per heavy atom. The Balaban J connectivity index is 1.56. The Kier molecular flexibility index (Phi) is 7.33. The van der Waals surface area contributed by atoms with Crippen molar-refractivity contribution >= 4 is 0 Å². The van der Waals surface area contributed by atoms with Gasteiger partial charge in [-0.05, 0) is 91.8 Å². The van der Waals surface area contributed by atoms with Gasteiger partial charge in [0, 0.05) is 11.8 Å². The van der Waals surface area contributed by atoms with E-state index in [0.29, 0.717) is 42.4 Å². The molecule has 4 rings (SSSR count). The van der Waals surface area contributed by atoms with Gasteiger partial charge in [0.15, 0.2) is 0 Å². The summed E-state index contributed by atoms with van der Waals surface area (Å²) < 4.78 is 0. The summed E-state index contributed by atoms with van der Waals surface area (Å²) in [6.07, 6.45) is 4.76. The fourth-order valence-corrected chi connectivity index (χ4v) is 10.1. The van der Waals surface area contributed by atoms with Crippen LogP contribution in [-0.2, 0) is 0 Å². The first kappa shape index (κ1) is 26.9. The second kappa shape index (κ2) is 9.28. The van der Waals surface area contributed by atoms with Crippen LogP contribution in [0.15, 0.2) is 0 Å². The van der Waals surface area contributed by atoms with Crippen LogP contribution in [0.1, 0.15) is 99.3 Å². The molecule has 0 aromatic heterocycles. The van der Waals surface area contributed by atoms with Gasteiger partial charge in [-0.1, -0.05) is 48.0 Å². The van der Waals surface area contributed by atoms with E-state index in [0.717, 1.165) is 38.5 Å². The molecule has 0 heterocycles. The van der Waals surface area contributed by atoms with Crippen molar-refractivity contribution in [2.75, 3.05) is 0 Å². The lowest BCUT2D eigenvalue weighted by Gasteiger charge is -2.65. The molecule has 4 aliphatic carbocycles. The SMILES string of the molecule is CCC(C(C)C)[C@@H](O)[C@H](O)[C@@H](C)[C@H]1CC[C@H]2[C@@H]3C[C@@H](O)[C@@]4(O)C[C@@H](O)CC[C@]4(C)[C@H]3CC[C@]12C. The van der Waals surface area contributed by atoms with Gasteiger partial charge in [0.25, 0.3) is 0 Å². The summed E-state index contributed by atoms with van der Waals surface area (Å²) in [5.41, 5.74) is -1.47. The number of hydrogen-bond acceptors (Lipinski definition) is 5. The largest absolute Gasteiger partial charge is 0.393 e. The molecule has 5 nitrogen and oxygen atoms in total. The molecule has 5 N–H and O–H groups in total. The minimum Gasteiger partial charge on any atom is -0.393 e. The summed E-state index contributed by atoms with van der Waals surface area (Å²) >= 11 is 0. The maximum absolute atomic E-state index is 11.7. The highest BCUT2D eigenvalue weighted by Gasteiger charge is 2.67. The normalized spacial score (nSPS) is 50.1. The molecule has 4 saturated carbocycles. The highest BCUT2D eigenvalue weighted by Crippen LogP contribution is 2.69. The molecule has 5 heteroatoms. The average Bonchev–Trinajstić information content (AvgIpc) is 3.12. The van der Waals surface area contributed by atoms with E-state index in [1.807, 2.05) is 0 Å². The lowest BCUT2D eigenvalue weighted by Crippen LogP contribution is -2.68. The van der Waals surface area contributed by atoms with Crippen LogP contribution in [0.25, 0.3) is 0 Å². The summed E-state index contributed by atoms with van der Waals surface area (Å²) in [7, 11) is 0. The summed E-state index contributed by atoms with van der Waals surface area (Å²) in [5, 5.41) is 55.5. The summed E-state index contributed by atoms with van der Waals surface area (Å²) in [6, 6.07) is 0. The van der Waals surface area contributed by atoms with Crippen LogP contribution < -0.4 is 0 Å². The monoisotopic (exact) mass is 480 g/mol. The fourth-order valence-electron chi connectivity index (χ4n) is 10.1. The van der Waals surface area contributed by atoms with E-state index >= 15 is 0 Å². The smallest absolute Gasteiger partial charge is 0.0985 e. The predicted molar refractivity (Wildman–Crippen MR) is 134 cm³/mol. The second-order valence-electron chi connectivity index (χ2n) is 13.8. The van der Waals surface area contributed by atoms with Crippen molar-refractivity contribution in [3.05, 3.63) is 0 Å². The second-order valence-corrected chi connectivity index (χ2v) is 13.8. The Hall–Kier alpha value is -0.200. The zero-order valence-corrected chi connectivity index (χ0v) is 22.5. The lowest BCUT2D eigenvalue weighted by atomic mass is 9.42. The lowest BCUT2D eigenvalue weighted by molar-refractivity contribution is -0.265. The number of aliphatic hydroxyl groups is 5. The van der Waals surface area contributed by atoms with Crippen LogP contribution in [0.5, 0.6) is 0 Å². The standard InChI is InChI=1S/C29H52O5/c1-7-19(16(2)3)26(33)25(32)17(4)21-8-9-22-20-14-24(31)29(34)15-18(30)10-13-28(29,6)23(20)11-12-27(21,22)5/h16-26,30-34H,7-15H2,1-6H3/t17-,18-,19?,20-,21+,22-,23-,24+,25+,26+,27+,28+,29-/m0/s1. The maximum atomic E-state index is 11.7. The third-order valence-corrected chi connectivity index (χ3v) is 12.2. The van der Waals surface area contributed by atoms with Crippen LogP contribution in [-0.4, -0.2) is 55.5 Å². The molecule has 34 heavy (non-hydrogen) atoms. The van der Waals surface area contributed by atoms with E-state index in [2.05, 4.69) is 41.5 Å². The van der Waals surface area contributed by atoms with E-state index in [4.69, 9.17) is 0 Å². The summed E-state index contributed by atoms with van der Waals surface area (Å²) in [6.45, 7) is 13.1. The van der Waals surface area contributed by atoms with Gasteiger partial charge >= 0.3 is 0 Å². The van der Waals surface area contributed by atoms with Crippen molar-refractivity contribution in [2.24, 2.45) is 52.3 Å². The van der Waals surface area contributed by atoms with Crippen molar-refractivity contribution in [1.82, 2.24) is 0 Å². The topological polar surface area (TPSA) is 101 Å². The molecule has 0 saturated heterocycles. The van der Waals surface area contributed by atoms with Crippen LogP contribution >= 0.6 is 0 Å². The Labute approximate surface area is 207 Å². The van der Waals surface area contributed by atoms with E-state index in [9.17, 15) is 25.5 Å². The molecule has 0 aromatic carbocycles. The Bertz CT molecular complexity index is 727. The van der Waals surface area contributed by atoms with Crippen molar-refractivity contribution in [3.8, 4) is 0 Å². The summed E-state index contributed by atoms with van der Waals surface area (Å²) in [4.78, 5) is 0. The number of hydrogen-bond donors (Lipinski definition) is 5. The molecule has 0 aromatic rings. The molecule has 0 aliphatic heterocycles. The van der Waals surface area contributed by atoms with Gasteiger partial charge in [0.1, 0.15) is 0 Å². The summed E-state index contributed by atoms with van der Waals surface area (Å²) in [5.74, 6) is 2.02. The fraction of sp³-hybridized carbons (Fsp3) is 1.00. The number of aliphatic hydroxyl groups excluding tert-OH is 4. The van der Waals surface area contributed by atoms with Gasteiger partial charge in [0.2, 0.25) is 0 Å². The maximum Gasteiger partial charge on any atom is 0.0985 e. The van der Waals surface area contributed by atoms with Crippen LogP contribution in [0.2, 0.25) is 0 Å². The van der Waals surface area contributed by atoms with Crippen LogP contribution in [0.3, 0.4) is 0 Å². The highest BCUT2D eigenvalue weighted by atomic mass is 16.3. The van der Waals surface area contributed by atoms with Crippen LogP contribution in [0, 0.1) is 52.3 Å². The van der Waals surface area contributed by atoms with Crippen molar-refractivity contribution in [3.63, 3.8) is 0 Å². The molecule has 0 spiro atoms. The molecule has 4 aliphatic rings.